The maximum absolute atomic E-state index is 13.3. The van der Waals surface area contributed by atoms with Crippen molar-refractivity contribution < 1.29 is 22.7 Å². The third kappa shape index (κ3) is 3.10. The summed E-state index contributed by atoms with van der Waals surface area (Å²) in [6.07, 6.45) is -2.40. The molecule has 5 atom stereocenters. The van der Waals surface area contributed by atoms with Crippen molar-refractivity contribution in [3.8, 4) is 11.3 Å². The van der Waals surface area contributed by atoms with Gasteiger partial charge in [-0.05, 0) is 44.2 Å². The molecule has 3 aliphatic rings. The second-order valence-electron chi connectivity index (χ2n) is 9.00. The number of nitrogen functional groups attached to an aromatic ring is 1. The number of nitrogens with two attached hydrogens (primary N) is 1. The van der Waals surface area contributed by atoms with Gasteiger partial charge in [0.15, 0.2) is 0 Å². The quantitative estimate of drug-likeness (QED) is 0.801. The highest BCUT2D eigenvalue weighted by atomic mass is 19.4. The second-order valence-corrected chi connectivity index (χ2v) is 9.00. The van der Waals surface area contributed by atoms with Crippen LogP contribution in [0.1, 0.15) is 43.5 Å². The van der Waals surface area contributed by atoms with Gasteiger partial charge in [0.05, 0.1) is 23.4 Å². The molecule has 7 nitrogen and oxygen atoms in total. The number of pyridine rings is 1. The molecular weight excluding hydrogens is 411 g/mol. The number of carbonyl (C=O) groups is 1. The van der Waals surface area contributed by atoms with Crippen molar-refractivity contribution >= 4 is 11.7 Å². The minimum Gasteiger partial charge on any atom is -0.383 e. The van der Waals surface area contributed by atoms with Crippen LogP contribution in [-0.2, 0) is 15.7 Å². The first-order valence-electron chi connectivity index (χ1n) is 10.4. The topological polar surface area (TPSA) is 86.3 Å². The molecule has 2 aromatic heterocycles. The van der Waals surface area contributed by atoms with Gasteiger partial charge in [-0.15, -0.1) is 0 Å². The van der Waals surface area contributed by atoms with Gasteiger partial charge in [0.2, 0.25) is 5.91 Å². The summed E-state index contributed by atoms with van der Waals surface area (Å²) >= 11 is 0. The first kappa shape index (κ1) is 20.3. The molecular formula is C21H24F3N5O2. The summed E-state index contributed by atoms with van der Waals surface area (Å²) in [5, 5.41) is 4.62. The Labute approximate surface area is 177 Å². The zero-order valence-corrected chi connectivity index (χ0v) is 17.4. The maximum atomic E-state index is 13.3. The number of aromatic nitrogens is 3. The minimum atomic E-state index is -4.58. The summed E-state index contributed by atoms with van der Waals surface area (Å²) in [5.41, 5.74) is 6.20. The molecule has 0 spiro atoms. The van der Waals surface area contributed by atoms with Crippen LogP contribution in [0.2, 0.25) is 0 Å². The van der Waals surface area contributed by atoms with E-state index in [1.54, 1.807) is 4.90 Å². The van der Waals surface area contributed by atoms with Crippen LogP contribution in [0.5, 0.6) is 0 Å². The van der Waals surface area contributed by atoms with E-state index < -0.39 is 17.6 Å². The number of morpholine rings is 1. The normalized spacial score (nSPS) is 30.0. The number of amides is 1. The number of ether oxygens (including phenoxy) is 1. The van der Waals surface area contributed by atoms with Gasteiger partial charge in [0.1, 0.15) is 12.4 Å². The molecule has 0 bridgehead atoms. The van der Waals surface area contributed by atoms with Crippen molar-refractivity contribution in [2.24, 2.45) is 11.8 Å². The van der Waals surface area contributed by atoms with Crippen LogP contribution < -0.4 is 5.73 Å². The van der Waals surface area contributed by atoms with Gasteiger partial charge in [-0.25, -0.2) is 4.98 Å². The van der Waals surface area contributed by atoms with Crippen molar-refractivity contribution in [1.29, 1.82) is 0 Å². The number of nitrogens with zero attached hydrogens (tertiary/aromatic N) is 4. The van der Waals surface area contributed by atoms with E-state index in [2.05, 4.69) is 10.1 Å². The molecule has 2 saturated carbocycles. The highest BCUT2D eigenvalue weighted by Gasteiger charge is 2.66. The van der Waals surface area contributed by atoms with Crippen LogP contribution >= 0.6 is 0 Å². The number of carbonyl (C=O) groups excluding carboxylic acids is 1. The van der Waals surface area contributed by atoms with E-state index >= 15 is 0 Å². The lowest BCUT2D eigenvalue weighted by atomic mass is 9.99. The Bertz CT molecular complexity index is 1050. The van der Waals surface area contributed by atoms with E-state index in [0.29, 0.717) is 11.6 Å². The number of hydrogen-bond acceptors (Lipinski definition) is 5. The van der Waals surface area contributed by atoms with Crippen LogP contribution in [0.25, 0.3) is 11.3 Å². The Morgan fingerprint density at radius 1 is 1.29 bits per heavy atom. The third-order valence-electron chi connectivity index (χ3n) is 6.91. The van der Waals surface area contributed by atoms with Crippen LogP contribution in [-0.4, -0.2) is 51.4 Å². The van der Waals surface area contributed by atoms with Gasteiger partial charge in [-0.1, -0.05) is 0 Å². The molecule has 1 aliphatic heterocycles. The van der Waals surface area contributed by atoms with Gasteiger partial charge in [0.25, 0.3) is 0 Å². The number of rotatable bonds is 3. The summed E-state index contributed by atoms with van der Waals surface area (Å²) < 4.78 is 47.6. The van der Waals surface area contributed by atoms with Crippen molar-refractivity contribution in [1.82, 2.24) is 19.7 Å². The van der Waals surface area contributed by atoms with E-state index in [4.69, 9.17) is 10.5 Å². The molecule has 0 aromatic carbocycles. The molecule has 2 aromatic rings. The lowest BCUT2D eigenvalue weighted by molar-refractivity contribution is -0.154. The number of alkyl halides is 3. The fraction of sp³-hybridized carbons (Fsp3) is 0.571. The molecule has 3 heterocycles. The molecule has 0 radical (unpaired) electrons. The van der Waals surface area contributed by atoms with Crippen LogP contribution in [0, 0.1) is 11.8 Å². The highest BCUT2D eigenvalue weighted by molar-refractivity contribution is 5.78. The van der Waals surface area contributed by atoms with E-state index in [9.17, 15) is 18.0 Å². The smallest absolute Gasteiger partial charge is 0.383 e. The molecule has 1 saturated heterocycles. The van der Waals surface area contributed by atoms with Gasteiger partial charge < -0.3 is 15.4 Å². The van der Waals surface area contributed by atoms with Crippen molar-refractivity contribution in [2.45, 2.75) is 50.6 Å². The predicted octanol–water partition coefficient (Wildman–Crippen LogP) is 3.09. The van der Waals surface area contributed by atoms with E-state index in [1.807, 2.05) is 31.6 Å². The Morgan fingerprint density at radius 2 is 2.03 bits per heavy atom. The zero-order chi connectivity index (χ0) is 22.2. The number of hydrogen-bond donors (Lipinski definition) is 1. The molecule has 2 aliphatic carbocycles. The zero-order valence-electron chi connectivity index (χ0n) is 17.4. The fourth-order valence-electron chi connectivity index (χ4n) is 5.35. The second kappa shape index (κ2) is 6.69. The van der Waals surface area contributed by atoms with Crippen LogP contribution in [0.15, 0.2) is 18.3 Å². The molecule has 1 amide bonds. The van der Waals surface area contributed by atoms with Crippen LogP contribution in [0.3, 0.4) is 0 Å². The average Bonchev–Trinajstić information content (AvgIpc) is 3.06. The van der Waals surface area contributed by atoms with E-state index in [0.717, 1.165) is 18.2 Å². The van der Waals surface area contributed by atoms with Gasteiger partial charge in [-0.2, -0.15) is 18.3 Å². The molecule has 10 heteroatoms. The average molecular weight is 435 g/mol. The molecule has 3 fully saturated rings. The van der Waals surface area contributed by atoms with E-state index in [1.165, 1.54) is 6.20 Å². The standard InChI is InChI=1S/C21H24F3N5O2/c1-9(2)29-14(17-11-5-15-19(18(11)17)31-8-16(30)28(15)3)6-13(27-29)10-4-12(21(22,23)24)20(25)26-7-10/h4,6-7,9,11,15,17-19H,5,8H2,1-3H3,(H2,25,26)/t11-,15?,17?,18-,19?/m1/s1. The lowest BCUT2D eigenvalue weighted by Gasteiger charge is -2.37. The fourth-order valence-corrected chi connectivity index (χ4v) is 5.35. The van der Waals surface area contributed by atoms with Gasteiger partial charge >= 0.3 is 6.18 Å². The summed E-state index contributed by atoms with van der Waals surface area (Å²) in [5.74, 6) is 0.342. The Balaban J connectivity index is 1.47. The Kier molecular flexibility index (Phi) is 4.38. The van der Waals surface area contributed by atoms with Gasteiger partial charge in [-0.3, -0.25) is 9.48 Å². The number of halogens is 3. The summed E-state index contributed by atoms with van der Waals surface area (Å²) in [6.45, 7) is 4.08. The van der Waals surface area contributed by atoms with Gasteiger partial charge in [0, 0.05) is 36.5 Å². The largest absolute Gasteiger partial charge is 0.419 e. The van der Waals surface area contributed by atoms with Crippen molar-refractivity contribution in [3.05, 3.63) is 29.6 Å². The van der Waals surface area contributed by atoms with Crippen molar-refractivity contribution in [3.63, 3.8) is 0 Å². The number of fused-ring (bicyclic) bond motifs is 3. The first-order chi connectivity index (χ1) is 14.6. The SMILES string of the molecule is CC(C)n1nc(-c2cnc(N)c(C(F)(F)F)c2)cc1C1[C@@H]2C3OCC(=O)N(C)C3C[C@H]12. The van der Waals surface area contributed by atoms with Crippen LogP contribution in [0.4, 0.5) is 19.0 Å². The molecule has 31 heavy (non-hydrogen) atoms. The summed E-state index contributed by atoms with van der Waals surface area (Å²) in [4.78, 5) is 17.5. The summed E-state index contributed by atoms with van der Waals surface area (Å²) in [7, 11) is 1.82. The monoisotopic (exact) mass is 435 g/mol. The molecule has 5 rings (SSSR count). The molecule has 3 unspecified atom stereocenters. The predicted molar refractivity (Wildman–Crippen MR) is 106 cm³/mol. The van der Waals surface area contributed by atoms with Crippen molar-refractivity contribution in [2.75, 3.05) is 19.4 Å². The molecule has 166 valence electrons. The Morgan fingerprint density at radius 3 is 2.71 bits per heavy atom. The maximum Gasteiger partial charge on any atom is 0.419 e. The third-order valence-corrected chi connectivity index (χ3v) is 6.91. The summed E-state index contributed by atoms with van der Waals surface area (Å²) in [6, 6.07) is 3.01. The minimum absolute atomic E-state index is 0.00456. The lowest BCUT2D eigenvalue weighted by Crippen LogP contribution is -2.51. The number of likely N-dealkylation sites (N-methyl/N-ethyl adjacent to an activating group) is 1. The Hall–Kier alpha value is -2.62. The number of anilines is 1. The first-order valence-corrected chi connectivity index (χ1v) is 10.4. The highest BCUT2D eigenvalue weighted by Crippen LogP contribution is 2.65. The molecule has 2 N–H and O–H groups in total. The van der Waals surface area contributed by atoms with E-state index in [-0.39, 0.29) is 48.1 Å².